The number of anilines is 1. The minimum atomic E-state index is 0.986. The quantitative estimate of drug-likeness (QED) is 0.673. The molecule has 1 aliphatic heterocycles. The molecule has 2 aromatic carbocycles. The van der Waals surface area contributed by atoms with Crippen molar-refractivity contribution in [2.45, 2.75) is 6.54 Å². The molecule has 0 aliphatic carbocycles. The highest BCUT2D eigenvalue weighted by Crippen LogP contribution is 2.28. The van der Waals surface area contributed by atoms with Gasteiger partial charge in [-0.2, -0.15) is 0 Å². The summed E-state index contributed by atoms with van der Waals surface area (Å²) in [5, 5.41) is 0. The second-order valence-electron chi connectivity index (χ2n) is 3.79. The molecule has 0 atom stereocenters. The Labute approximate surface area is 90.0 Å². The molecule has 0 aromatic heterocycles. The molecule has 73 valence electrons. The normalized spacial score (nSPS) is 14.0. The number of rotatable bonds is 1. The first-order chi connectivity index (χ1) is 7.43. The summed E-state index contributed by atoms with van der Waals surface area (Å²) < 4.78 is 0. The van der Waals surface area contributed by atoms with Gasteiger partial charge in [-0.25, -0.2) is 0 Å². The summed E-state index contributed by atoms with van der Waals surface area (Å²) in [6.07, 6.45) is 0. The first-order valence-electron chi connectivity index (χ1n) is 5.18. The summed E-state index contributed by atoms with van der Waals surface area (Å²) in [5.74, 6) is 0. The number of hydrogen-bond donors (Lipinski definition) is 0. The van der Waals surface area contributed by atoms with Gasteiger partial charge in [0, 0.05) is 12.2 Å². The van der Waals surface area contributed by atoms with Crippen LogP contribution in [0.1, 0.15) is 11.1 Å². The van der Waals surface area contributed by atoms with Crippen LogP contribution in [-0.4, -0.2) is 0 Å². The van der Waals surface area contributed by atoms with Gasteiger partial charge in [-0.05, 0) is 23.3 Å². The summed E-state index contributed by atoms with van der Waals surface area (Å²) in [7, 11) is 0. The summed E-state index contributed by atoms with van der Waals surface area (Å²) in [4.78, 5) is 2.28. The molecule has 1 radical (unpaired) electrons. The van der Waals surface area contributed by atoms with Gasteiger partial charge < -0.3 is 4.90 Å². The van der Waals surface area contributed by atoms with Crippen LogP contribution in [0.4, 0.5) is 5.69 Å². The first kappa shape index (κ1) is 8.54. The van der Waals surface area contributed by atoms with E-state index in [1.54, 1.807) is 0 Å². The topological polar surface area (TPSA) is 3.24 Å². The van der Waals surface area contributed by atoms with Gasteiger partial charge in [0.25, 0.3) is 0 Å². The Hall–Kier alpha value is -1.76. The van der Waals surface area contributed by atoms with E-state index >= 15 is 0 Å². The fourth-order valence-corrected chi connectivity index (χ4v) is 1.99. The molecule has 0 spiro atoms. The highest BCUT2D eigenvalue weighted by molar-refractivity contribution is 5.56. The van der Waals surface area contributed by atoms with Crippen molar-refractivity contribution in [3.63, 3.8) is 0 Å². The molecule has 0 fully saturated rings. The van der Waals surface area contributed by atoms with Gasteiger partial charge >= 0.3 is 0 Å². The van der Waals surface area contributed by atoms with Crippen LogP contribution in [0.5, 0.6) is 0 Å². The summed E-state index contributed by atoms with van der Waals surface area (Å²) in [5.41, 5.74) is 4.00. The lowest BCUT2D eigenvalue weighted by molar-refractivity contribution is 0.993. The van der Waals surface area contributed by atoms with Crippen LogP contribution in [-0.2, 0) is 6.54 Å². The average Bonchev–Trinajstić information content (AvgIpc) is 2.74. The third-order valence-electron chi connectivity index (χ3n) is 2.78. The maximum Gasteiger partial charge on any atom is 0.0795 e. The van der Waals surface area contributed by atoms with Gasteiger partial charge in [-0.1, -0.05) is 42.5 Å². The Morgan fingerprint density at radius 1 is 0.800 bits per heavy atom. The van der Waals surface area contributed by atoms with Gasteiger partial charge in [-0.3, -0.25) is 0 Å². The van der Waals surface area contributed by atoms with Crippen molar-refractivity contribution in [2.75, 3.05) is 4.90 Å². The smallest absolute Gasteiger partial charge is 0.0795 e. The van der Waals surface area contributed by atoms with Crippen molar-refractivity contribution in [2.24, 2.45) is 0 Å². The molecule has 0 amide bonds. The highest BCUT2D eigenvalue weighted by atomic mass is 15.1. The molecule has 0 N–H and O–H groups in total. The van der Waals surface area contributed by atoms with Gasteiger partial charge in [0.1, 0.15) is 0 Å². The van der Waals surface area contributed by atoms with E-state index in [2.05, 4.69) is 60.0 Å². The van der Waals surface area contributed by atoms with Crippen LogP contribution in [0.3, 0.4) is 0 Å². The second kappa shape index (κ2) is 3.43. The van der Waals surface area contributed by atoms with Gasteiger partial charge in [0.15, 0.2) is 0 Å². The second-order valence-corrected chi connectivity index (χ2v) is 3.79. The van der Waals surface area contributed by atoms with E-state index in [1.165, 1.54) is 16.8 Å². The number of fused-ring (bicyclic) bond motifs is 1. The number of nitrogens with zero attached hydrogens (tertiary/aromatic N) is 1. The van der Waals surface area contributed by atoms with Crippen LogP contribution in [0.15, 0.2) is 54.6 Å². The zero-order valence-corrected chi connectivity index (χ0v) is 8.43. The Kier molecular flexibility index (Phi) is 1.95. The van der Waals surface area contributed by atoms with E-state index in [-0.39, 0.29) is 0 Å². The molecule has 1 aliphatic rings. The SMILES string of the molecule is [CH]1c2ccccc2CN1c1ccccc1. The monoisotopic (exact) mass is 194 g/mol. The Bertz CT molecular complexity index is 437. The molecular formula is C14H12N. The van der Waals surface area contributed by atoms with Gasteiger partial charge in [0.05, 0.1) is 6.54 Å². The summed E-state index contributed by atoms with van der Waals surface area (Å²) in [6, 6.07) is 19.0. The molecule has 1 nitrogen and oxygen atoms in total. The van der Waals surface area contributed by atoms with Crippen molar-refractivity contribution in [3.05, 3.63) is 72.3 Å². The fraction of sp³-hybridized carbons (Fsp3) is 0.0714. The molecule has 1 heteroatoms. The lowest BCUT2D eigenvalue weighted by Crippen LogP contribution is -2.11. The number of benzene rings is 2. The zero-order valence-electron chi connectivity index (χ0n) is 8.43. The molecule has 0 unspecified atom stereocenters. The first-order valence-corrected chi connectivity index (χ1v) is 5.18. The number of hydrogen-bond acceptors (Lipinski definition) is 1. The van der Waals surface area contributed by atoms with Gasteiger partial charge in [-0.15, -0.1) is 0 Å². The fourth-order valence-electron chi connectivity index (χ4n) is 1.99. The zero-order chi connectivity index (χ0) is 10.1. The Morgan fingerprint density at radius 3 is 2.33 bits per heavy atom. The van der Waals surface area contributed by atoms with E-state index in [9.17, 15) is 0 Å². The molecule has 15 heavy (non-hydrogen) atoms. The standard InChI is InChI=1S/C14H12N/c1-2-8-14(9-3-1)15-10-12-6-4-5-7-13(12)11-15/h1-10H,11H2. The van der Waals surface area contributed by atoms with Crippen molar-refractivity contribution < 1.29 is 0 Å². The van der Waals surface area contributed by atoms with E-state index in [0.29, 0.717) is 0 Å². The van der Waals surface area contributed by atoms with Crippen molar-refractivity contribution in [3.8, 4) is 0 Å². The maximum atomic E-state index is 2.28. The molecular weight excluding hydrogens is 182 g/mol. The van der Waals surface area contributed by atoms with E-state index < -0.39 is 0 Å². The third kappa shape index (κ3) is 1.50. The third-order valence-corrected chi connectivity index (χ3v) is 2.78. The molecule has 2 aromatic rings. The molecule has 0 saturated heterocycles. The summed E-state index contributed by atoms with van der Waals surface area (Å²) in [6.45, 7) is 3.20. The maximum absolute atomic E-state index is 2.28. The van der Waals surface area contributed by atoms with Crippen molar-refractivity contribution >= 4 is 5.69 Å². The van der Waals surface area contributed by atoms with Crippen molar-refractivity contribution in [1.82, 2.24) is 0 Å². The lowest BCUT2D eigenvalue weighted by atomic mass is 10.1. The van der Waals surface area contributed by atoms with E-state index in [0.717, 1.165) is 6.54 Å². The predicted octanol–water partition coefficient (Wildman–Crippen LogP) is 3.22. The minimum absolute atomic E-state index is 0.986. The van der Waals surface area contributed by atoms with Crippen LogP contribution >= 0.6 is 0 Å². The molecule has 0 bridgehead atoms. The van der Waals surface area contributed by atoms with Crippen LogP contribution in [0.2, 0.25) is 0 Å². The minimum Gasteiger partial charge on any atom is -0.358 e. The molecule has 0 saturated carbocycles. The molecule has 3 rings (SSSR count). The largest absolute Gasteiger partial charge is 0.358 e. The Morgan fingerprint density at radius 2 is 1.53 bits per heavy atom. The van der Waals surface area contributed by atoms with E-state index in [1.807, 2.05) is 6.07 Å². The van der Waals surface area contributed by atoms with Crippen molar-refractivity contribution in [1.29, 1.82) is 0 Å². The lowest BCUT2D eigenvalue weighted by Gasteiger charge is -2.16. The average molecular weight is 194 g/mol. The predicted molar refractivity (Wildman–Crippen MR) is 62.5 cm³/mol. The highest BCUT2D eigenvalue weighted by Gasteiger charge is 2.18. The Balaban J connectivity index is 1.91. The molecule has 1 heterocycles. The van der Waals surface area contributed by atoms with Crippen LogP contribution in [0, 0.1) is 6.54 Å². The van der Waals surface area contributed by atoms with Gasteiger partial charge in [0.2, 0.25) is 0 Å². The van der Waals surface area contributed by atoms with Crippen LogP contribution < -0.4 is 4.90 Å². The number of para-hydroxylation sites is 1. The summed E-state index contributed by atoms with van der Waals surface area (Å²) >= 11 is 0. The van der Waals surface area contributed by atoms with Crippen LogP contribution in [0.25, 0.3) is 0 Å². The van der Waals surface area contributed by atoms with E-state index in [4.69, 9.17) is 0 Å².